The molecule has 0 spiro atoms. The summed E-state index contributed by atoms with van der Waals surface area (Å²) >= 11 is 0. The number of carbonyl (C=O) groups excluding carboxylic acids is 2. The second kappa shape index (κ2) is 14.8. The molecule has 3 aliphatic rings. The van der Waals surface area contributed by atoms with Crippen LogP contribution in [0.25, 0.3) is 22.0 Å². The first kappa shape index (κ1) is 34.7. The lowest BCUT2D eigenvalue weighted by Crippen LogP contribution is -2.47. The monoisotopic (exact) mass is 701 g/mol. The number of rotatable bonds is 10. The average molecular weight is 702 g/mol. The van der Waals surface area contributed by atoms with Gasteiger partial charge in [-0.15, -0.1) is 0 Å². The highest BCUT2D eigenvalue weighted by Crippen LogP contribution is 2.35. The predicted molar refractivity (Wildman–Crippen MR) is 192 cm³/mol. The Hall–Kier alpha value is -4.78. The van der Waals surface area contributed by atoms with Gasteiger partial charge in [-0.1, -0.05) is 12.8 Å². The summed E-state index contributed by atoms with van der Waals surface area (Å²) < 4.78 is 38.0. The van der Waals surface area contributed by atoms with Gasteiger partial charge in [0.15, 0.2) is 0 Å². The number of imide groups is 1. The summed E-state index contributed by atoms with van der Waals surface area (Å²) in [6.45, 7) is 3.89. The van der Waals surface area contributed by atoms with Crippen molar-refractivity contribution >= 4 is 34.1 Å². The molecule has 270 valence electrons. The number of methoxy groups -OCH3 is 1. The number of piperidine rings is 3. The van der Waals surface area contributed by atoms with Gasteiger partial charge in [0.1, 0.15) is 28.9 Å². The summed E-state index contributed by atoms with van der Waals surface area (Å²) in [6, 6.07) is 7.83. The zero-order valence-electron chi connectivity index (χ0n) is 29.1. The van der Waals surface area contributed by atoms with Crippen molar-refractivity contribution in [3.05, 3.63) is 70.3 Å². The molecule has 3 N–H and O–H groups in total. The number of H-pyrrole nitrogens is 1. The highest BCUT2D eigenvalue weighted by atomic mass is 19.1. The number of halogens is 2. The number of ether oxygens (including phenoxy) is 1. The minimum absolute atomic E-state index is 0.192. The molecule has 51 heavy (non-hydrogen) atoms. The molecule has 7 rings (SSSR count). The van der Waals surface area contributed by atoms with Crippen molar-refractivity contribution in [3.63, 3.8) is 0 Å². The lowest BCUT2D eigenvalue weighted by atomic mass is 9.85. The van der Waals surface area contributed by atoms with Gasteiger partial charge in [0.25, 0.3) is 5.56 Å². The number of aromatic amines is 1. The Kier molecular flexibility index (Phi) is 10.1. The third-order valence-electron chi connectivity index (χ3n) is 11.0. The maximum Gasteiger partial charge on any atom is 0.276 e. The molecule has 13 heteroatoms. The van der Waals surface area contributed by atoms with E-state index < -0.39 is 6.04 Å². The Morgan fingerprint density at radius 3 is 2.35 bits per heavy atom. The lowest BCUT2D eigenvalue weighted by molar-refractivity contribution is -0.133. The first-order valence-corrected chi connectivity index (χ1v) is 17.9. The maximum absolute atomic E-state index is 15.7. The topological polar surface area (TPSA) is 125 Å². The van der Waals surface area contributed by atoms with Crippen LogP contribution in [0.3, 0.4) is 0 Å². The summed E-state index contributed by atoms with van der Waals surface area (Å²) in [7, 11) is 3.22. The van der Waals surface area contributed by atoms with Crippen molar-refractivity contribution in [2.75, 3.05) is 43.5 Å². The van der Waals surface area contributed by atoms with Crippen LogP contribution >= 0.6 is 0 Å². The third-order valence-corrected chi connectivity index (χ3v) is 11.0. The summed E-state index contributed by atoms with van der Waals surface area (Å²) in [6.07, 6.45) is 10.5. The van der Waals surface area contributed by atoms with Gasteiger partial charge in [-0.25, -0.2) is 8.78 Å². The number of hydrogen-bond acceptors (Lipinski definition) is 8. The molecular formula is C38H45F2N7O4. The minimum Gasteiger partial charge on any atom is -0.496 e. The fourth-order valence-corrected chi connectivity index (χ4v) is 7.96. The highest BCUT2D eigenvalue weighted by Gasteiger charge is 2.28. The number of likely N-dealkylation sites (tertiary alicyclic amines) is 1. The molecule has 1 atom stereocenters. The number of benzene rings is 2. The summed E-state index contributed by atoms with van der Waals surface area (Å²) in [5.41, 5.74) is 3.18. The van der Waals surface area contributed by atoms with Crippen LogP contribution in [-0.2, 0) is 23.2 Å². The Morgan fingerprint density at radius 2 is 1.67 bits per heavy atom. The van der Waals surface area contributed by atoms with E-state index >= 15 is 8.78 Å². The van der Waals surface area contributed by atoms with Gasteiger partial charge < -0.3 is 19.5 Å². The molecule has 4 aromatic rings. The van der Waals surface area contributed by atoms with E-state index in [1.54, 1.807) is 38.7 Å². The van der Waals surface area contributed by atoms with Gasteiger partial charge in [0.2, 0.25) is 11.8 Å². The fraction of sp³-hybridized carbons (Fsp3) is 0.474. The molecule has 3 saturated heterocycles. The molecule has 11 nitrogen and oxygen atoms in total. The number of fused-ring (bicyclic) bond motifs is 1. The smallest absolute Gasteiger partial charge is 0.276 e. The second-order valence-electron chi connectivity index (χ2n) is 14.3. The van der Waals surface area contributed by atoms with Crippen LogP contribution in [0, 0.1) is 23.5 Å². The summed E-state index contributed by atoms with van der Waals surface area (Å²) in [4.78, 5) is 40.4. The molecule has 1 unspecified atom stereocenters. The van der Waals surface area contributed by atoms with Gasteiger partial charge in [-0.3, -0.25) is 29.7 Å². The van der Waals surface area contributed by atoms with Gasteiger partial charge in [0.05, 0.1) is 19.0 Å². The van der Waals surface area contributed by atoms with Crippen LogP contribution in [0.4, 0.5) is 20.2 Å². The normalized spacial score (nSPS) is 19.5. The van der Waals surface area contributed by atoms with E-state index in [1.165, 1.54) is 23.1 Å². The lowest BCUT2D eigenvalue weighted by Gasteiger charge is -2.36. The number of carbonyl (C=O) groups is 2. The highest BCUT2D eigenvalue weighted by molar-refractivity contribution is 6.01. The second-order valence-corrected chi connectivity index (χ2v) is 14.3. The molecule has 0 radical (unpaired) electrons. The molecule has 2 aromatic heterocycles. The van der Waals surface area contributed by atoms with Crippen LogP contribution in [0.2, 0.25) is 0 Å². The molecule has 0 bridgehead atoms. The van der Waals surface area contributed by atoms with E-state index in [-0.39, 0.29) is 35.4 Å². The number of hydrogen-bond donors (Lipinski definition) is 3. The van der Waals surface area contributed by atoms with Crippen molar-refractivity contribution in [2.45, 2.75) is 64.0 Å². The van der Waals surface area contributed by atoms with E-state index in [0.29, 0.717) is 69.5 Å². The summed E-state index contributed by atoms with van der Waals surface area (Å²) in [5.74, 6) is 0.442. The molecule has 5 heterocycles. The van der Waals surface area contributed by atoms with Crippen LogP contribution < -0.4 is 25.8 Å². The summed E-state index contributed by atoms with van der Waals surface area (Å²) in [5, 5.41) is 12.8. The molecular weight excluding hydrogens is 656 g/mol. The molecule has 3 aliphatic heterocycles. The van der Waals surface area contributed by atoms with Crippen LogP contribution in [0.15, 0.2) is 47.5 Å². The zero-order chi connectivity index (χ0) is 35.6. The van der Waals surface area contributed by atoms with Crippen molar-refractivity contribution in [3.8, 4) is 16.9 Å². The maximum atomic E-state index is 15.7. The van der Waals surface area contributed by atoms with E-state index in [0.717, 1.165) is 58.3 Å². The van der Waals surface area contributed by atoms with Crippen LogP contribution in [-0.4, -0.2) is 70.8 Å². The standard InChI is InChI=1S/C38H45F2N7O4/c1-45-21-28(27-20-41-44-36(27)38(45)50)25-17-30(39)29(34(18-25)51-2)22-46-13-9-23(10-14-46)3-4-24-11-15-47(16-12-24)33-7-5-26(19-31(33)40)42-32-6-8-35(48)43-37(32)49/h5,7,17-21,23-24,32,42H,3-4,6,8-16,22H2,1-2H3,(H,41,44)(H,43,48,49). The van der Waals surface area contributed by atoms with Gasteiger partial charge in [-0.05, 0) is 92.9 Å². The Balaban J connectivity index is 0.876. The average Bonchev–Trinajstić information content (AvgIpc) is 3.62. The number of pyridine rings is 1. The largest absolute Gasteiger partial charge is 0.496 e. The van der Waals surface area contributed by atoms with E-state index in [2.05, 4.69) is 30.6 Å². The first-order chi connectivity index (χ1) is 24.7. The predicted octanol–water partition coefficient (Wildman–Crippen LogP) is 5.34. The number of aromatic nitrogens is 3. The molecule has 0 aliphatic carbocycles. The van der Waals surface area contributed by atoms with E-state index in [4.69, 9.17) is 4.74 Å². The SMILES string of the molecule is COc1cc(-c2cn(C)c(=O)c3[nH]ncc23)cc(F)c1CN1CCC(CCC2CCN(c3ccc(NC4CCC(=O)NC4=O)cc3F)CC2)CC1. The minimum atomic E-state index is -0.546. The Bertz CT molecular complexity index is 1980. The third kappa shape index (κ3) is 7.49. The number of aryl methyl sites for hydroxylation is 1. The Labute approximate surface area is 295 Å². The van der Waals surface area contributed by atoms with E-state index in [1.807, 2.05) is 6.07 Å². The van der Waals surface area contributed by atoms with Gasteiger partial charge in [-0.2, -0.15) is 5.10 Å². The Morgan fingerprint density at radius 1 is 0.941 bits per heavy atom. The van der Waals surface area contributed by atoms with Crippen molar-refractivity contribution in [1.29, 1.82) is 0 Å². The molecule has 2 aromatic carbocycles. The number of amides is 2. The first-order valence-electron chi connectivity index (χ1n) is 17.9. The number of nitrogens with zero attached hydrogens (tertiary/aromatic N) is 4. The molecule has 0 saturated carbocycles. The van der Waals surface area contributed by atoms with Gasteiger partial charge >= 0.3 is 0 Å². The molecule has 2 amide bonds. The van der Waals surface area contributed by atoms with Gasteiger partial charge in [0, 0.05) is 61.5 Å². The van der Waals surface area contributed by atoms with Crippen molar-refractivity contribution in [2.24, 2.45) is 18.9 Å². The van der Waals surface area contributed by atoms with Crippen molar-refractivity contribution < 1.29 is 23.1 Å². The zero-order valence-corrected chi connectivity index (χ0v) is 29.1. The number of anilines is 2. The molecule has 3 fully saturated rings. The quantitative estimate of drug-likeness (QED) is 0.190. The van der Waals surface area contributed by atoms with Crippen LogP contribution in [0.1, 0.15) is 56.9 Å². The van der Waals surface area contributed by atoms with E-state index in [9.17, 15) is 14.4 Å². The van der Waals surface area contributed by atoms with Crippen molar-refractivity contribution in [1.82, 2.24) is 25.0 Å². The van der Waals surface area contributed by atoms with Crippen LogP contribution in [0.5, 0.6) is 5.75 Å². The fourth-order valence-electron chi connectivity index (χ4n) is 7.96. The number of nitrogens with one attached hydrogen (secondary N) is 3.